The third-order valence-corrected chi connectivity index (χ3v) is 3.62. The molecule has 6 heteroatoms. The molecular formula is C13H15ClF3NO. The highest BCUT2D eigenvalue weighted by Crippen LogP contribution is 2.35. The molecule has 19 heavy (non-hydrogen) atoms. The molecule has 2 rings (SSSR count). The van der Waals surface area contributed by atoms with Crippen LogP contribution < -0.4 is 5.73 Å². The second kappa shape index (κ2) is 5.69. The van der Waals surface area contributed by atoms with Gasteiger partial charge in [0, 0.05) is 24.3 Å². The SMILES string of the molecule is N[C@H](c1cc(Cl)cc(C(F)(F)F)c1)C1CCOCC1. The molecule has 2 N–H and O–H groups in total. The highest BCUT2D eigenvalue weighted by Gasteiger charge is 2.32. The molecule has 1 fully saturated rings. The van der Waals surface area contributed by atoms with Gasteiger partial charge in [0.25, 0.3) is 0 Å². The third kappa shape index (κ3) is 3.61. The molecule has 1 heterocycles. The Morgan fingerprint density at radius 3 is 2.42 bits per heavy atom. The van der Waals surface area contributed by atoms with Crippen molar-refractivity contribution in [2.75, 3.05) is 13.2 Å². The van der Waals surface area contributed by atoms with Crippen molar-refractivity contribution in [3.8, 4) is 0 Å². The summed E-state index contributed by atoms with van der Waals surface area (Å²) in [6.45, 7) is 1.20. The summed E-state index contributed by atoms with van der Waals surface area (Å²) in [5.74, 6) is 0.133. The molecule has 1 aliphatic rings. The molecule has 0 saturated carbocycles. The maximum atomic E-state index is 12.7. The van der Waals surface area contributed by atoms with Crippen molar-refractivity contribution in [1.29, 1.82) is 0 Å². The molecule has 0 amide bonds. The van der Waals surface area contributed by atoms with Crippen LogP contribution in [0.1, 0.15) is 30.0 Å². The Morgan fingerprint density at radius 2 is 1.84 bits per heavy atom. The van der Waals surface area contributed by atoms with Gasteiger partial charge >= 0.3 is 6.18 Å². The molecule has 0 radical (unpaired) electrons. The van der Waals surface area contributed by atoms with Crippen LogP contribution in [0.5, 0.6) is 0 Å². The number of ether oxygens (including phenoxy) is 1. The van der Waals surface area contributed by atoms with Crippen molar-refractivity contribution < 1.29 is 17.9 Å². The van der Waals surface area contributed by atoms with E-state index in [9.17, 15) is 13.2 Å². The van der Waals surface area contributed by atoms with Gasteiger partial charge in [0.15, 0.2) is 0 Å². The van der Waals surface area contributed by atoms with Crippen molar-refractivity contribution in [1.82, 2.24) is 0 Å². The molecule has 0 unspecified atom stereocenters. The Hall–Kier alpha value is -0.780. The zero-order chi connectivity index (χ0) is 14.0. The molecule has 0 bridgehead atoms. The first kappa shape index (κ1) is 14.6. The van der Waals surface area contributed by atoms with Crippen LogP contribution in [0.4, 0.5) is 13.2 Å². The van der Waals surface area contributed by atoms with E-state index < -0.39 is 17.8 Å². The number of hydrogen-bond acceptors (Lipinski definition) is 2. The molecule has 0 aromatic heterocycles. The summed E-state index contributed by atoms with van der Waals surface area (Å²) < 4.78 is 43.4. The van der Waals surface area contributed by atoms with Crippen molar-refractivity contribution in [2.45, 2.75) is 25.1 Å². The largest absolute Gasteiger partial charge is 0.416 e. The number of alkyl halides is 3. The summed E-state index contributed by atoms with van der Waals surface area (Å²) in [7, 11) is 0. The van der Waals surface area contributed by atoms with Crippen LogP contribution in [-0.2, 0) is 10.9 Å². The Morgan fingerprint density at radius 1 is 1.21 bits per heavy atom. The number of nitrogens with two attached hydrogens (primary N) is 1. The number of rotatable bonds is 2. The van der Waals surface area contributed by atoms with Gasteiger partial charge in [-0.2, -0.15) is 13.2 Å². The summed E-state index contributed by atoms with van der Waals surface area (Å²) >= 11 is 5.76. The zero-order valence-corrected chi connectivity index (χ0v) is 11.0. The van der Waals surface area contributed by atoms with Gasteiger partial charge < -0.3 is 10.5 Å². The predicted molar refractivity (Wildman–Crippen MR) is 66.9 cm³/mol. The number of halogens is 4. The summed E-state index contributed by atoms with van der Waals surface area (Å²) in [5.41, 5.74) is 5.75. The quantitative estimate of drug-likeness (QED) is 0.900. The smallest absolute Gasteiger partial charge is 0.381 e. The van der Waals surface area contributed by atoms with Gasteiger partial charge in [-0.1, -0.05) is 11.6 Å². The molecule has 2 nitrogen and oxygen atoms in total. The molecule has 0 spiro atoms. The van der Waals surface area contributed by atoms with Gasteiger partial charge in [0.2, 0.25) is 0 Å². The standard InChI is InChI=1S/C13H15ClF3NO/c14-11-6-9(5-10(7-11)13(15,16)17)12(18)8-1-3-19-4-2-8/h5-8,12H,1-4,18H2/t12-/m0/s1. The predicted octanol–water partition coefficient (Wildman–Crippen LogP) is 3.79. The van der Waals surface area contributed by atoms with E-state index in [1.807, 2.05) is 0 Å². The maximum Gasteiger partial charge on any atom is 0.416 e. The lowest BCUT2D eigenvalue weighted by Gasteiger charge is -2.28. The fraction of sp³-hybridized carbons (Fsp3) is 0.538. The first-order chi connectivity index (χ1) is 8.88. The van der Waals surface area contributed by atoms with Crippen LogP contribution in [0.2, 0.25) is 5.02 Å². The lowest BCUT2D eigenvalue weighted by molar-refractivity contribution is -0.137. The minimum Gasteiger partial charge on any atom is -0.381 e. The number of benzene rings is 1. The Balaban J connectivity index is 2.26. The van der Waals surface area contributed by atoms with Crippen LogP contribution in [-0.4, -0.2) is 13.2 Å². The van der Waals surface area contributed by atoms with Crippen molar-refractivity contribution >= 4 is 11.6 Å². The van der Waals surface area contributed by atoms with E-state index >= 15 is 0 Å². The molecule has 0 aliphatic carbocycles. The van der Waals surface area contributed by atoms with Gasteiger partial charge in [0.1, 0.15) is 0 Å². The van der Waals surface area contributed by atoms with E-state index in [0.717, 1.165) is 25.0 Å². The normalized spacial score (nSPS) is 19.4. The average molecular weight is 294 g/mol. The highest BCUT2D eigenvalue weighted by atomic mass is 35.5. The van der Waals surface area contributed by atoms with Crippen LogP contribution in [0.3, 0.4) is 0 Å². The van der Waals surface area contributed by atoms with Crippen molar-refractivity contribution in [3.05, 3.63) is 34.3 Å². The van der Waals surface area contributed by atoms with E-state index in [-0.39, 0.29) is 10.9 Å². The molecule has 106 valence electrons. The molecule has 1 aliphatic heterocycles. The first-order valence-electron chi connectivity index (χ1n) is 6.09. The first-order valence-corrected chi connectivity index (χ1v) is 6.47. The van der Waals surface area contributed by atoms with Crippen LogP contribution in [0.15, 0.2) is 18.2 Å². The van der Waals surface area contributed by atoms with Gasteiger partial charge in [-0.05, 0) is 42.5 Å². The second-order valence-corrected chi connectivity index (χ2v) is 5.18. The minimum absolute atomic E-state index is 0.0623. The zero-order valence-electron chi connectivity index (χ0n) is 10.2. The van der Waals surface area contributed by atoms with E-state index in [4.69, 9.17) is 22.1 Å². The van der Waals surface area contributed by atoms with Crippen LogP contribution in [0.25, 0.3) is 0 Å². The second-order valence-electron chi connectivity index (χ2n) is 4.75. The van der Waals surface area contributed by atoms with E-state index in [2.05, 4.69) is 0 Å². The Labute approximate surface area is 114 Å². The van der Waals surface area contributed by atoms with E-state index in [0.29, 0.717) is 18.8 Å². The fourth-order valence-electron chi connectivity index (χ4n) is 2.32. The van der Waals surface area contributed by atoms with Crippen molar-refractivity contribution in [3.63, 3.8) is 0 Å². The summed E-state index contributed by atoms with van der Waals surface area (Å²) in [5, 5.41) is 0.0623. The van der Waals surface area contributed by atoms with Crippen LogP contribution >= 0.6 is 11.6 Å². The average Bonchev–Trinajstić information content (AvgIpc) is 2.37. The monoisotopic (exact) mass is 293 g/mol. The molecular weight excluding hydrogens is 279 g/mol. The molecule has 1 aromatic rings. The van der Waals surface area contributed by atoms with E-state index in [1.54, 1.807) is 0 Å². The Kier molecular flexibility index (Phi) is 4.38. The van der Waals surface area contributed by atoms with Crippen molar-refractivity contribution in [2.24, 2.45) is 11.7 Å². The van der Waals surface area contributed by atoms with Crippen LogP contribution in [0, 0.1) is 5.92 Å². The lowest BCUT2D eigenvalue weighted by Crippen LogP contribution is -2.27. The van der Waals surface area contributed by atoms with Gasteiger partial charge in [-0.3, -0.25) is 0 Å². The fourth-order valence-corrected chi connectivity index (χ4v) is 2.56. The third-order valence-electron chi connectivity index (χ3n) is 3.41. The van der Waals surface area contributed by atoms with E-state index in [1.165, 1.54) is 6.07 Å². The molecule has 1 aromatic carbocycles. The highest BCUT2D eigenvalue weighted by molar-refractivity contribution is 6.30. The summed E-state index contributed by atoms with van der Waals surface area (Å²) in [6.07, 6.45) is -2.89. The van der Waals surface area contributed by atoms with Gasteiger partial charge in [-0.25, -0.2) is 0 Å². The molecule has 1 atom stereocenters. The maximum absolute atomic E-state index is 12.7. The number of hydrogen-bond donors (Lipinski definition) is 1. The lowest BCUT2D eigenvalue weighted by atomic mass is 9.87. The topological polar surface area (TPSA) is 35.2 Å². The minimum atomic E-state index is -4.41. The molecule has 1 saturated heterocycles. The van der Waals surface area contributed by atoms with Gasteiger partial charge in [-0.15, -0.1) is 0 Å². The Bertz CT molecular complexity index is 444. The summed E-state index contributed by atoms with van der Waals surface area (Å²) in [6, 6.07) is 3.08. The van der Waals surface area contributed by atoms with Gasteiger partial charge in [0.05, 0.1) is 5.56 Å². The summed E-state index contributed by atoms with van der Waals surface area (Å²) in [4.78, 5) is 0.